The number of carbonyl (C=O) groups excluding carboxylic acids is 1. The first-order valence-electron chi connectivity index (χ1n) is 25.3. The second-order valence-electron chi connectivity index (χ2n) is 16.6. The molecule has 0 aromatic rings. The Morgan fingerprint density at radius 2 is 0.892 bits per heavy atom. The predicted octanol–water partition coefficient (Wildman–Crippen LogP) is 14.9. The highest BCUT2D eigenvalue weighted by atomic mass is 31.2. The van der Waals surface area contributed by atoms with Crippen LogP contribution in [0.5, 0.6) is 0 Å². The van der Waals surface area contributed by atoms with Crippen LogP contribution < -0.4 is 5.73 Å². The number of hydrogen-bond donors (Lipinski definition) is 3. The quantitative estimate of drug-likeness (QED) is 0.0232. The number of phosphoric ester groups is 1. The molecule has 0 aliphatic carbocycles. The average molecular weight is 930 g/mol. The summed E-state index contributed by atoms with van der Waals surface area (Å²) in [6.45, 7) is 3.70. The summed E-state index contributed by atoms with van der Waals surface area (Å²) < 4.78 is 33.5. The number of nitrogens with two attached hydrogens (primary N) is 1. The van der Waals surface area contributed by atoms with Gasteiger partial charge in [0.2, 0.25) is 0 Å². The number of carboxylic acids is 1. The number of hydrogen-bond acceptors (Lipinski definition) is 8. The molecule has 0 rings (SSSR count). The van der Waals surface area contributed by atoms with Gasteiger partial charge in [0.1, 0.15) is 12.1 Å². The normalized spacial score (nSPS) is 14.5. The van der Waals surface area contributed by atoms with E-state index in [1.54, 1.807) is 0 Å². The molecular weight excluding hydrogens is 838 g/mol. The average Bonchev–Trinajstić information content (AvgIpc) is 3.29. The Morgan fingerprint density at radius 1 is 0.508 bits per heavy atom. The highest BCUT2D eigenvalue weighted by Crippen LogP contribution is 2.43. The van der Waals surface area contributed by atoms with Crippen LogP contribution in [-0.2, 0) is 32.7 Å². The lowest BCUT2D eigenvalue weighted by Gasteiger charge is -2.20. The summed E-state index contributed by atoms with van der Waals surface area (Å²) in [7, 11) is -4.64. The second-order valence-corrected chi connectivity index (χ2v) is 18.0. The maximum atomic E-state index is 12.7. The Hall–Kier alpha value is -3.11. The lowest BCUT2D eigenvalue weighted by Crippen LogP contribution is -2.34. The zero-order valence-corrected chi connectivity index (χ0v) is 41.7. The van der Waals surface area contributed by atoms with Gasteiger partial charge in [-0.1, -0.05) is 188 Å². The molecule has 3 atom stereocenters. The first-order chi connectivity index (χ1) is 31.7. The van der Waals surface area contributed by atoms with E-state index in [1.807, 2.05) is 0 Å². The molecule has 4 N–H and O–H groups in total. The molecule has 0 saturated heterocycles. The third-order valence-corrected chi connectivity index (χ3v) is 11.3. The highest BCUT2D eigenvalue weighted by Gasteiger charge is 2.27. The molecule has 0 saturated carbocycles. The molecule has 0 fully saturated rings. The van der Waals surface area contributed by atoms with Crippen molar-refractivity contribution in [3.8, 4) is 0 Å². The zero-order valence-electron chi connectivity index (χ0n) is 40.8. The van der Waals surface area contributed by atoms with Crippen LogP contribution in [0.3, 0.4) is 0 Å². The SMILES string of the molecule is CC/C=C\C/C=C\C/C=C\C/C=C\C/C=C\CCCCCCCCCCOCC(COP(=O)(O)OCC(N)C(=O)O)OC(=O)CCCCCCCC/C=C\C/C=C\C/C=C\CCCCC. The van der Waals surface area contributed by atoms with Gasteiger partial charge in [-0.3, -0.25) is 18.6 Å². The van der Waals surface area contributed by atoms with Gasteiger partial charge in [-0.25, -0.2) is 4.57 Å². The Morgan fingerprint density at radius 3 is 1.34 bits per heavy atom. The van der Waals surface area contributed by atoms with E-state index in [1.165, 1.54) is 57.8 Å². The molecule has 0 aromatic carbocycles. The largest absolute Gasteiger partial charge is 0.480 e. The minimum Gasteiger partial charge on any atom is -0.480 e. The molecule has 0 heterocycles. The van der Waals surface area contributed by atoms with E-state index in [2.05, 4.69) is 111 Å². The topological polar surface area (TPSA) is 155 Å². The van der Waals surface area contributed by atoms with E-state index in [9.17, 15) is 19.0 Å². The Kier molecular flexibility index (Phi) is 46.5. The Bertz CT molecular complexity index is 1400. The van der Waals surface area contributed by atoms with E-state index >= 15 is 0 Å². The van der Waals surface area contributed by atoms with Crippen molar-refractivity contribution < 1.29 is 42.7 Å². The van der Waals surface area contributed by atoms with Gasteiger partial charge in [0.05, 0.1) is 19.8 Å². The van der Waals surface area contributed by atoms with Crippen LogP contribution in [0.1, 0.15) is 194 Å². The van der Waals surface area contributed by atoms with Gasteiger partial charge >= 0.3 is 19.8 Å². The summed E-state index contributed by atoms with van der Waals surface area (Å²) in [6.07, 6.45) is 64.6. The summed E-state index contributed by atoms with van der Waals surface area (Å²) in [5.74, 6) is -1.80. The van der Waals surface area contributed by atoms with Crippen molar-refractivity contribution in [2.24, 2.45) is 5.73 Å². The summed E-state index contributed by atoms with van der Waals surface area (Å²) in [4.78, 5) is 33.7. The number of aliphatic carboxylic acids is 1. The molecule has 0 spiro atoms. The number of ether oxygens (including phenoxy) is 2. The number of phosphoric acid groups is 1. The molecule has 0 amide bonds. The predicted molar refractivity (Wildman–Crippen MR) is 272 cm³/mol. The third-order valence-electron chi connectivity index (χ3n) is 10.3. The molecule has 0 bridgehead atoms. The fourth-order valence-electron chi connectivity index (χ4n) is 6.46. The molecule has 0 aliphatic heterocycles. The van der Waals surface area contributed by atoms with E-state index in [-0.39, 0.29) is 13.0 Å². The minimum absolute atomic E-state index is 0.000457. The third kappa shape index (κ3) is 48.6. The summed E-state index contributed by atoms with van der Waals surface area (Å²) in [5.41, 5.74) is 5.37. The van der Waals surface area contributed by atoms with Gasteiger partial charge in [0, 0.05) is 13.0 Å². The van der Waals surface area contributed by atoms with Crippen molar-refractivity contribution in [1.29, 1.82) is 0 Å². The monoisotopic (exact) mass is 930 g/mol. The zero-order chi connectivity index (χ0) is 47.6. The molecular formula is C54H92NO9P. The molecule has 372 valence electrons. The van der Waals surface area contributed by atoms with Crippen molar-refractivity contribution in [2.75, 3.05) is 26.4 Å². The number of allylic oxidation sites excluding steroid dienone is 16. The molecule has 10 nitrogen and oxygen atoms in total. The van der Waals surface area contributed by atoms with Gasteiger partial charge in [-0.2, -0.15) is 0 Å². The van der Waals surface area contributed by atoms with Crippen molar-refractivity contribution in [3.05, 3.63) is 97.2 Å². The summed E-state index contributed by atoms with van der Waals surface area (Å²) in [5, 5.41) is 8.93. The minimum atomic E-state index is -4.64. The maximum Gasteiger partial charge on any atom is 0.472 e. The fourth-order valence-corrected chi connectivity index (χ4v) is 7.24. The molecule has 3 unspecified atom stereocenters. The summed E-state index contributed by atoms with van der Waals surface area (Å²) >= 11 is 0. The first-order valence-corrected chi connectivity index (χ1v) is 26.8. The van der Waals surface area contributed by atoms with Crippen LogP contribution >= 0.6 is 7.82 Å². The number of rotatable bonds is 47. The van der Waals surface area contributed by atoms with E-state index < -0.39 is 45.1 Å². The first kappa shape index (κ1) is 61.9. The second kappa shape index (κ2) is 48.8. The Labute approximate surface area is 396 Å². The number of carboxylic acid groups (broad SMARTS) is 1. The van der Waals surface area contributed by atoms with Crippen molar-refractivity contribution >= 4 is 19.8 Å². The van der Waals surface area contributed by atoms with Crippen LogP contribution in [0.2, 0.25) is 0 Å². The maximum absolute atomic E-state index is 12.7. The Balaban J connectivity index is 4.22. The van der Waals surface area contributed by atoms with Gasteiger partial charge in [-0.05, 0) is 96.3 Å². The van der Waals surface area contributed by atoms with Gasteiger partial charge in [0.15, 0.2) is 0 Å². The van der Waals surface area contributed by atoms with Crippen LogP contribution in [0.4, 0.5) is 0 Å². The standard InChI is InChI=1S/C54H92NO9P/c1-3-5-7-9-11-13-15-17-19-21-23-24-25-26-27-29-31-33-35-37-39-41-43-45-47-61-48-51(49-62-65(59,60)63-50-52(55)54(57)58)64-53(56)46-44-42-40-38-36-34-32-30-28-22-20-18-16-14-12-10-8-6-4-2/h5,7,11-14,17-20,23-24,26-28,30,51-52H,3-4,6,8-10,15-16,21-22,25,29,31-50,55H2,1-2H3,(H,57,58)(H,59,60)/b7-5-,13-11-,14-12-,19-17-,20-18-,24-23-,27-26-,30-28-. The highest BCUT2D eigenvalue weighted by molar-refractivity contribution is 7.47. The van der Waals surface area contributed by atoms with Crippen molar-refractivity contribution in [1.82, 2.24) is 0 Å². The molecule has 0 aliphatic rings. The van der Waals surface area contributed by atoms with Crippen LogP contribution in [0.25, 0.3) is 0 Å². The molecule has 65 heavy (non-hydrogen) atoms. The lowest BCUT2D eigenvalue weighted by atomic mass is 10.1. The molecule has 11 heteroatoms. The number of unbranched alkanes of at least 4 members (excludes halogenated alkanes) is 17. The van der Waals surface area contributed by atoms with Crippen LogP contribution in [0, 0.1) is 0 Å². The number of esters is 1. The van der Waals surface area contributed by atoms with E-state index in [0.717, 1.165) is 109 Å². The van der Waals surface area contributed by atoms with E-state index in [4.69, 9.17) is 29.4 Å². The van der Waals surface area contributed by atoms with Gasteiger partial charge in [0.25, 0.3) is 0 Å². The van der Waals surface area contributed by atoms with Gasteiger partial charge in [-0.15, -0.1) is 0 Å². The van der Waals surface area contributed by atoms with Crippen molar-refractivity contribution in [3.63, 3.8) is 0 Å². The van der Waals surface area contributed by atoms with E-state index in [0.29, 0.717) is 13.0 Å². The number of carbonyl (C=O) groups is 2. The molecule has 0 aromatic heterocycles. The summed E-state index contributed by atoms with van der Waals surface area (Å²) in [6, 6.07) is -1.48. The smallest absolute Gasteiger partial charge is 0.472 e. The van der Waals surface area contributed by atoms with Crippen LogP contribution in [-0.4, -0.2) is 60.5 Å². The fraction of sp³-hybridized carbons (Fsp3) is 0.667. The van der Waals surface area contributed by atoms with Crippen LogP contribution in [0.15, 0.2) is 97.2 Å². The van der Waals surface area contributed by atoms with Gasteiger partial charge < -0.3 is 25.2 Å². The molecule has 0 radical (unpaired) electrons. The van der Waals surface area contributed by atoms with Crippen molar-refractivity contribution in [2.45, 2.75) is 206 Å². The lowest BCUT2D eigenvalue weighted by molar-refractivity contribution is -0.154.